The zero-order valence-corrected chi connectivity index (χ0v) is 16.6. The molecule has 0 saturated carbocycles. The van der Waals surface area contributed by atoms with Crippen molar-refractivity contribution in [3.8, 4) is 0 Å². The lowest BCUT2D eigenvalue weighted by Crippen LogP contribution is -2.48. The highest BCUT2D eigenvalue weighted by Crippen LogP contribution is 2.26. The van der Waals surface area contributed by atoms with Gasteiger partial charge in [-0.3, -0.25) is 24.7 Å². The van der Waals surface area contributed by atoms with E-state index in [2.05, 4.69) is 15.1 Å². The average molecular weight is 423 g/mol. The van der Waals surface area contributed by atoms with Crippen molar-refractivity contribution in [1.82, 2.24) is 9.80 Å². The summed E-state index contributed by atoms with van der Waals surface area (Å²) in [5, 5.41) is 14.5. The van der Waals surface area contributed by atoms with Crippen molar-refractivity contribution in [2.75, 3.05) is 38.0 Å². The molecule has 0 unspecified atom stereocenters. The second kappa shape index (κ2) is 9.34. The molecule has 3 rings (SSSR count). The van der Waals surface area contributed by atoms with Gasteiger partial charge < -0.3 is 5.32 Å². The number of halogens is 2. The summed E-state index contributed by atoms with van der Waals surface area (Å²) in [6, 6.07) is 11.8. The van der Waals surface area contributed by atoms with E-state index in [1.165, 1.54) is 23.8 Å². The van der Waals surface area contributed by atoms with Crippen LogP contribution in [0.1, 0.15) is 5.56 Å². The molecule has 0 bridgehead atoms. The van der Waals surface area contributed by atoms with Crippen LogP contribution in [0, 0.1) is 10.1 Å². The fraction of sp³-hybridized carbons (Fsp3) is 0.316. The molecule has 1 fully saturated rings. The first kappa shape index (κ1) is 20.5. The lowest BCUT2D eigenvalue weighted by Gasteiger charge is -2.34. The lowest BCUT2D eigenvalue weighted by atomic mass is 10.2. The van der Waals surface area contributed by atoms with Crippen LogP contribution >= 0.6 is 23.2 Å². The van der Waals surface area contributed by atoms with Crippen LogP contribution in [-0.4, -0.2) is 53.4 Å². The average Bonchev–Trinajstić information content (AvgIpc) is 2.67. The van der Waals surface area contributed by atoms with Gasteiger partial charge in [0.15, 0.2) is 0 Å². The van der Waals surface area contributed by atoms with Crippen molar-refractivity contribution >= 4 is 40.5 Å². The van der Waals surface area contributed by atoms with Gasteiger partial charge >= 0.3 is 0 Å². The maximum absolute atomic E-state index is 12.3. The third-order valence-corrected chi connectivity index (χ3v) is 5.17. The quantitative estimate of drug-likeness (QED) is 0.567. The number of rotatable bonds is 6. The van der Waals surface area contributed by atoms with Crippen molar-refractivity contribution in [2.45, 2.75) is 6.54 Å². The molecule has 1 N–H and O–H groups in total. The van der Waals surface area contributed by atoms with Gasteiger partial charge in [-0.2, -0.15) is 0 Å². The Balaban J connectivity index is 1.48. The Labute approximate surface area is 173 Å². The first-order chi connectivity index (χ1) is 13.4. The molecule has 1 aliphatic rings. The standard InChI is InChI=1S/C19H20Cl2N4O3/c20-15-3-1-14(2-4-15)12-23-7-9-24(10-8-23)13-19(26)22-18-11-16(25(27)28)5-6-17(18)21/h1-6,11H,7-10,12-13H2,(H,22,26). The van der Waals surface area contributed by atoms with Crippen LogP contribution in [0.4, 0.5) is 11.4 Å². The summed E-state index contributed by atoms with van der Waals surface area (Å²) in [7, 11) is 0. The van der Waals surface area contributed by atoms with Gasteiger partial charge in [0.1, 0.15) is 0 Å². The summed E-state index contributed by atoms with van der Waals surface area (Å²) in [6.45, 7) is 4.31. The monoisotopic (exact) mass is 422 g/mol. The predicted octanol–water partition coefficient (Wildman–Crippen LogP) is 3.66. The van der Waals surface area contributed by atoms with E-state index in [1.54, 1.807) is 0 Å². The van der Waals surface area contributed by atoms with Crippen LogP contribution in [0.3, 0.4) is 0 Å². The number of nitro benzene ring substituents is 1. The summed E-state index contributed by atoms with van der Waals surface area (Å²) in [4.78, 5) is 27.0. The number of carbonyl (C=O) groups is 1. The van der Waals surface area contributed by atoms with E-state index < -0.39 is 4.92 Å². The summed E-state index contributed by atoms with van der Waals surface area (Å²) < 4.78 is 0. The van der Waals surface area contributed by atoms with Crippen molar-refractivity contribution < 1.29 is 9.72 Å². The number of anilines is 1. The molecular weight excluding hydrogens is 403 g/mol. The van der Waals surface area contributed by atoms with Gasteiger partial charge in [-0.25, -0.2) is 0 Å². The lowest BCUT2D eigenvalue weighted by molar-refractivity contribution is -0.384. The minimum absolute atomic E-state index is 0.115. The number of nitrogens with zero attached hydrogens (tertiary/aromatic N) is 3. The number of non-ortho nitro benzene ring substituents is 1. The van der Waals surface area contributed by atoms with Crippen LogP contribution in [0.5, 0.6) is 0 Å². The van der Waals surface area contributed by atoms with E-state index >= 15 is 0 Å². The molecule has 0 aliphatic carbocycles. The highest BCUT2D eigenvalue weighted by atomic mass is 35.5. The van der Waals surface area contributed by atoms with E-state index in [1.807, 2.05) is 24.3 Å². The Hall–Kier alpha value is -2.19. The molecular formula is C19H20Cl2N4O3. The SMILES string of the molecule is O=C(CN1CCN(Cc2ccc(Cl)cc2)CC1)Nc1cc([N+](=O)[O-])ccc1Cl. The van der Waals surface area contributed by atoms with Crippen molar-refractivity contribution in [2.24, 2.45) is 0 Å². The Morgan fingerprint density at radius 1 is 1.04 bits per heavy atom. The molecule has 1 saturated heterocycles. The van der Waals surface area contributed by atoms with Gasteiger partial charge in [0.05, 0.1) is 22.2 Å². The Kier molecular flexibility index (Phi) is 6.85. The summed E-state index contributed by atoms with van der Waals surface area (Å²) >= 11 is 11.9. The largest absolute Gasteiger partial charge is 0.323 e. The van der Waals surface area contributed by atoms with E-state index in [4.69, 9.17) is 23.2 Å². The van der Waals surface area contributed by atoms with Gasteiger partial charge in [-0.05, 0) is 23.8 Å². The highest BCUT2D eigenvalue weighted by Gasteiger charge is 2.20. The van der Waals surface area contributed by atoms with Crippen LogP contribution in [0.2, 0.25) is 10.0 Å². The van der Waals surface area contributed by atoms with Crippen LogP contribution in [0.15, 0.2) is 42.5 Å². The number of nitrogens with one attached hydrogen (secondary N) is 1. The molecule has 9 heteroatoms. The molecule has 0 aromatic heterocycles. The maximum Gasteiger partial charge on any atom is 0.271 e. The van der Waals surface area contributed by atoms with E-state index in [9.17, 15) is 14.9 Å². The number of hydrogen-bond acceptors (Lipinski definition) is 5. The van der Waals surface area contributed by atoms with E-state index in [0.717, 1.165) is 37.7 Å². The van der Waals surface area contributed by atoms with Crippen LogP contribution in [-0.2, 0) is 11.3 Å². The molecule has 0 radical (unpaired) electrons. The summed E-state index contributed by atoms with van der Waals surface area (Å²) in [5.74, 6) is -0.242. The molecule has 1 amide bonds. The van der Waals surface area contributed by atoms with E-state index in [0.29, 0.717) is 0 Å². The number of amides is 1. The topological polar surface area (TPSA) is 78.7 Å². The Morgan fingerprint density at radius 2 is 1.68 bits per heavy atom. The molecule has 1 aliphatic heterocycles. The maximum atomic E-state index is 12.3. The van der Waals surface area contributed by atoms with Crippen LogP contribution in [0.25, 0.3) is 0 Å². The minimum Gasteiger partial charge on any atom is -0.323 e. The molecule has 0 spiro atoms. The number of nitro groups is 1. The zero-order chi connectivity index (χ0) is 20.1. The molecule has 148 valence electrons. The van der Waals surface area contributed by atoms with Gasteiger partial charge in [0.2, 0.25) is 5.91 Å². The van der Waals surface area contributed by atoms with Gasteiger partial charge in [0, 0.05) is 49.9 Å². The minimum atomic E-state index is -0.522. The third-order valence-electron chi connectivity index (χ3n) is 4.59. The van der Waals surface area contributed by atoms with Gasteiger partial charge in [0.25, 0.3) is 5.69 Å². The Bertz CT molecular complexity index is 853. The molecule has 1 heterocycles. The number of benzene rings is 2. The van der Waals surface area contributed by atoms with Crippen molar-refractivity contribution in [3.05, 3.63) is 68.2 Å². The summed E-state index contributed by atoms with van der Waals surface area (Å²) in [6.07, 6.45) is 0. The molecule has 2 aromatic carbocycles. The smallest absolute Gasteiger partial charge is 0.271 e. The number of carbonyl (C=O) groups excluding carboxylic acids is 1. The second-order valence-corrected chi connectivity index (χ2v) is 7.49. The first-order valence-corrected chi connectivity index (χ1v) is 9.59. The fourth-order valence-electron chi connectivity index (χ4n) is 3.07. The molecule has 28 heavy (non-hydrogen) atoms. The highest BCUT2D eigenvalue weighted by molar-refractivity contribution is 6.33. The van der Waals surface area contributed by atoms with Crippen molar-refractivity contribution in [3.63, 3.8) is 0 Å². The van der Waals surface area contributed by atoms with E-state index in [-0.39, 0.29) is 28.8 Å². The first-order valence-electron chi connectivity index (χ1n) is 8.83. The molecule has 7 nitrogen and oxygen atoms in total. The molecule has 0 atom stereocenters. The second-order valence-electron chi connectivity index (χ2n) is 6.65. The normalized spacial score (nSPS) is 15.4. The summed E-state index contributed by atoms with van der Waals surface area (Å²) in [5.41, 5.74) is 1.34. The van der Waals surface area contributed by atoms with Crippen molar-refractivity contribution in [1.29, 1.82) is 0 Å². The third kappa shape index (κ3) is 5.65. The van der Waals surface area contributed by atoms with Gasteiger partial charge in [-0.1, -0.05) is 35.3 Å². The zero-order valence-electron chi connectivity index (χ0n) is 15.1. The Morgan fingerprint density at radius 3 is 2.32 bits per heavy atom. The fourth-order valence-corrected chi connectivity index (χ4v) is 3.36. The number of hydrogen-bond donors (Lipinski definition) is 1. The van der Waals surface area contributed by atoms with Crippen LogP contribution < -0.4 is 5.32 Å². The molecule has 2 aromatic rings. The van der Waals surface area contributed by atoms with Gasteiger partial charge in [-0.15, -0.1) is 0 Å². The number of piperazine rings is 1. The predicted molar refractivity (Wildman–Crippen MR) is 110 cm³/mol.